The number of nitrogens with two attached hydrogens (primary N) is 1. The summed E-state index contributed by atoms with van der Waals surface area (Å²) < 4.78 is 0. The Balaban J connectivity index is 2.64. The van der Waals surface area contributed by atoms with Gasteiger partial charge in [0.05, 0.1) is 0 Å². The van der Waals surface area contributed by atoms with Gasteiger partial charge in [-0.2, -0.15) is 0 Å². The molecule has 2 nitrogen and oxygen atoms in total. The number of hydrogen-bond acceptors (Lipinski definition) is 2. The molecule has 1 aromatic carbocycles. The molecule has 0 heterocycles. The first-order valence-electron chi connectivity index (χ1n) is 5.72. The Morgan fingerprint density at radius 3 is 2.71 bits per heavy atom. The van der Waals surface area contributed by atoms with Gasteiger partial charge in [0, 0.05) is 22.9 Å². The SMILES string of the molecule is CCC(CN)CC(=O)Cc1cc(Cl)ccc1Cl. The van der Waals surface area contributed by atoms with E-state index in [0.717, 1.165) is 12.0 Å². The standard InChI is InChI=1S/C13H17Cl2NO/c1-2-9(8-16)5-12(17)7-10-6-11(14)3-4-13(10)15/h3-4,6,9H,2,5,7-8,16H2,1H3. The van der Waals surface area contributed by atoms with E-state index in [2.05, 4.69) is 0 Å². The van der Waals surface area contributed by atoms with E-state index in [0.29, 0.717) is 29.4 Å². The average molecular weight is 274 g/mol. The molecule has 0 saturated heterocycles. The highest BCUT2D eigenvalue weighted by atomic mass is 35.5. The molecule has 0 radical (unpaired) electrons. The van der Waals surface area contributed by atoms with Crippen LogP contribution in [0.15, 0.2) is 18.2 Å². The Kier molecular flexibility index (Phi) is 5.96. The first-order valence-corrected chi connectivity index (χ1v) is 6.48. The maximum atomic E-state index is 11.8. The van der Waals surface area contributed by atoms with Crippen LogP contribution in [0.4, 0.5) is 0 Å². The lowest BCUT2D eigenvalue weighted by atomic mass is 9.96. The quantitative estimate of drug-likeness (QED) is 0.863. The highest BCUT2D eigenvalue weighted by molar-refractivity contribution is 6.33. The molecular weight excluding hydrogens is 257 g/mol. The van der Waals surface area contributed by atoms with Crippen molar-refractivity contribution in [1.82, 2.24) is 0 Å². The second-order valence-electron chi connectivity index (χ2n) is 4.17. The maximum Gasteiger partial charge on any atom is 0.137 e. The molecule has 0 spiro atoms. The smallest absolute Gasteiger partial charge is 0.137 e. The number of carbonyl (C=O) groups is 1. The van der Waals surface area contributed by atoms with E-state index in [1.807, 2.05) is 6.92 Å². The summed E-state index contributed by atoms with van der Waals surface area (Å²) in [5.41, 5.74) is 6.37. The Bertz CT molecular complexity index is 389. The number of Topliss-reactive ketones (excluding diaryl/α,β-unsaturated/α-hetero) is 1. The third-order valence-electron chi connectivity index (χ3n) is 2.82. The molecule has 94 valence electrons. The lowest BCUT2D eigenvalue weighted by Gasteiger charge is -2.11. The Hall–Kier alpha value is -0.570. The van der Waals surface area contributed by atoms with Crippen molar-refractivity contribution >= 4 is 29.0 Å². The van der Waals surface area contributed by atoms with Crippen LogP contribution in [-0.4, -0.2) is 12.3 Å². The number of hydrogen-bond donors (Lipinski definition) is 1. The third-order valence-corrected chi connectivity index (χ3v) is 3.43. The zero-order valence-electron chi connectivity index (χ0n) is 9.88. The van der Waals surface area contributed by atoms with Gasteiger partial charge in [-0.3, -0.25) is 4.79 Å². The van der Waals surface area contributed by atoms with Crippen LogP contribution in [0, 0.1) is 5.92 Å². The fourth-order valence-corrected chi connectivity index (χ4v) is 2.06. The number of halogens is 2. The molecule has 17 heavy (non-hydrogen) atoms. The first-order chi connectivity index (χ1) is 8.06. The van der Waals surface area contributed by atoms with Gasteiger partial charge in [0.15, 0.2) is 0 Å². The predicted octanol–water partition coefficient (Wildman–Crippen LogP) is 3.48. The van der Waals surface area contributed by atoms with Gasteiger partial charge in [-0.25, -0.2) is 0 Å². The monoisotopic (exact) mass is 273 g/mol. The molecule has 0 aliphatic carbocycles. The molecule has 1 aromatic rings. The largest absolute Gasteiger partial charge is 0.330 e. The molecule has 0 amide bonds. The first kappa shape index (κ1) is 14.5. The van der Waals surface area contributed by atoms with E-state index >= 15 is 0 Å². The molecule has 1 rings (SSSR count). The van der Waals surface area contributed by atoms with Crippen molar-refractivity contribution in [1.29, 1.82) is 0 Å². The van der Waals surface area contributed by atoms with E-state index in [-0.39, 0.29) is 11.7 Å². The van der Waals surface area contributed by atoms with Crippen molar-refractivity contribution in [2.75, 3.05) is 6.54 Å². The van der Waals surface area contributed by atoms with Crippen LogP contribution < -0.4 is 5.73 Å². The molecule has 0 aliphatic rings. The summed E-state index contributed by atoms with van der Waals surface area (Å²) in [6, 6.07) is 5.17. The molecule has 0 bridgehead atoms. The summed E-state index contributed by atoms with van der Waals surface area (Å²) >= 11 is 11.9. The highest BCUT2D eigenvalue weighted by Crippen LogP contribution is 2.22. The third kappa shape index (κ3) is 4.66. The van der Waals surface area contributed by atoms with Crippen molar-refractivity contribution in [3.8, 4) is 0 Å². The van der Waals surface area contributed by atoms with Crippen LogP contribution >= 0.6 is 23.2 Å². The van der Waals surface area contributed by atoms with Crippen LogP contribution in [0.25, 0.3) is 0 Å². The lowest BCUT2D eigenvalue weighted by molar-refractivity contribution is -0.119. The van der Waals surface area contributed by atoms with Crippen LogP contribution in [0.5, 0.6) is 0 Å². The van der Waals surface area contributed by atoms with Crippen molar-refractivity contribution in [2.45, 2.75) is 26.2 Å². The van der Waals surface area contributed by atoms with Gasteiger partial charge in [-0.15, -0.1) is 0 Å². The van der Waals surface area contributed by atoms with E-state index in [9.17, 15) is 4.79 Å². The molecule has 2 N–H and O–H groups in total. The van der Waals surface area contributed by atoms with Gasteiger partial charge in [0.2, 0.25) is 0 Å². The maximum absolute atomic E-state index is 11.8. The molecule has 1 atom stereocenters. The summed E-state index contributed by atoms with van der Waals surface area (Å²) in [4.78, 5) is 11.8. The zero-order valence-corrected chi connectivity index (χ0v) is 11.4. The molecular formula is C13H17Cl2NO. The van der Waals surface area contributed by atoms with Gasteiger partial charge in [0.25, 0.3) is 0 Å². The van der Waals surface area contributed by atoms with Gasteiger partial charge >= 0.3 is 0 Å². The average Bonchev–Trinajstić information content (AvgIpc) is 2.31. The van der Waals surface area contributed by atoms with Gasteiger partial charge in [-0.1, -0.05) is 36.5 Å². The minimum absolute atomic E-state index is 0.159. The summed E-state index contributed by atoms with van der Waals surface area (Å²) in [6.07, 6.45) is 1.76. The molecule has 1 unspecified atom stereocenters. The predicted molar refractivity (Wildman–Crippen MR) is 72.6 cm³/mol. The highest BCUT2D eigenvalue weighted by Gasteiger charge is 2.12. The Morgan fingerprint density at radius 1 is 1.41 bits per heavy atom. The van der Waals surface area contributed by atoms with Gasteiger partial charge in [0.1, 0.15) is 5.78 Å². The van der Waals surface area contributed by atoms with Gasteiger partial charge < -0.3 is 5.73 Å². The normalized spacial score (nSPS) is 12.5. The van der Waals surface area contributed by atoms with E-state index in [1.165, 1.54) is 0 Å². The number of ketones is 1. The topological polar surface area (TPSA) is 43.1 Å². The lowest BCUT2D eigenvalue weighted by Crippen LogP contribution is -2.18. The molecule has 4 heteroatoms. The van der Waals surface area contributed by atoms with Crippen LogP contribution in [0.2, 0.25) is 10.0 Å². The van der Waals surface area contributed by atoms with Crippen LogP contribution in [0.1, 0.15) is 25.3 Å². The second-order valence-corrected chi connectivity index (χ2v) is 5.01. The summed E-state index contributed by atoms with van der Waals surface area (Å²) in [6.45, 7) is 2.59. The molecule has 0 fully saturated rings. The molecule has 0 saturated carbocycles. The fourth-order valence-electron chi connectivity index (χ4n) is 1.68. The molecule has 0 aliphatic heterocycles. The zero-order chi connectivity index (χ0) is 12.8. The minimum atomic E-state index is 0.159. The number of benzene rings is 1. The Morgan fingerprint density at radius 2 is 2.12 bits per heavy atom. The number of rotatable bonds is 6. The summed E-state index contributed by atoms with van der Waals surface area (Å²) in [7, 11) is 0. The summed E-state index contributed by atoms with van der Waals surface area (Å²) in [5.74, 6) is 0.423. The van der Waals surface area contributed by atoms with Crippen molar-refractivity contribution in [2.24, 2.45) is 11.7 Å². The Labute approximate surface area is 112 Å². The number of carbonyl (C=O) groups excluding carboxylic acids is 1. The van der Waals surface area contributed by atoms with E-state index in [1.54, 1.807) is 18.2 Å². The van der Waals surface area contributed by atoms with Crippen molar-refractivity contribution in [3.05, 3.63) is 33.8 Å². The second kappa shape index (κ2) is 7.00. The van der Waals surface area contributed by atoms with Crippen molar-refractivity contribution in [3.63, 3.8) is 0 Å². The van der Waals surface area contributed by atoms with E-state index in [4.69, 9.17) is 28.9 Å². The van der Waals surface area contributed by atoms with Crippen LogP contribution in [0.3, 0.4) is 0 Å². The summed E-state index contributed by atoms with van der Waals surface area (Å²) in [5, 5.41) is 1.19. The minimum Gasteiger partial charge on any atom is -0.330 e. The molecule has 0 aromatic heterocycles. The van der Waals surface area contributed by atoms with Crippen LogP contribution in [-0.2, 0) is 11.2 Å². The van der Waals surface area contributed by atoms with Crippen molar-refractivity contribution < 1.29 is 4.79 Å². The van der Waals surface area contributed by atoms with E-state index < -0.39 is 0 Å². The van der Waals surface area contributed by atoms with Gasteiger partial charge in [-0.05, 0) is 36.2 Å². The fraction of sp³-hybridized carbons (Fsp3) is 0.462.